The Bertz CT molecular complexity index is 388. The maximum Gasteiger partial charge on any atom is 0.272 e. The van der Waals surface area contributed by atoms with Gasteiger partial charge in [0.15, 0.2) is 0 Å². The van der Waals surface area contributed by atoms with Crippen molar-refractivity contribution >= 4 is 11.7 Å². The molecule has 0 aromatic carbocycles. The Hall–Kier alpha value is -1.58. The molecule has 1 aliphatic rings. The van der Waals surface area contributed by atoms with Crippen molar-refractivity contribution in [3.8, 4) is 0 Å². The van der Waals surface area contributed by atoms with E-state index in [4.69, 9.17) is 0 Å². The fraction of sp³-hybridized carbons (Fsp3) is 0.500. The Kier molecular flexibility index (Phi) is 3.08. The fourth-order valence-electron chi connectivity index (χ4n) is 1.79. The van der Waals surface area contributed by atoms with Gasteiger partial charge in [-0.25, -0.2) is 4.98 Å². The molecule has 0 atom stereocenters. The molecular weight excluding hydrogens is 202 g/mol. The van der Waals surface area contributed by atoms with Crippen LogP contribution in [-0.4, -0.2) is 35.4 Å². The van der Waals surface area contributed by atoms with E-state index in [2.05, 4.69) is 10.3 Å². The van der Waals surface area contributed by atoms with Gasteiger partial charge in [-0.15, -0.1) is 0 Å². The molecule has 16 heavy (non-hydrogen) atoms. The zero-order valence-corrected chi connectivity index (χ0v) is 9.73. The first kappa shape index (κ1) is 10.9. The smallest absolute Gasteiger partial charge is 0.272 e. The van der Waals surface area contributed by atoms with Crippen molar-refractivity contribution in [1.82, 2.24) is 9.88 Å². The molecule has 86 valence electrons. The number of pyridine rings is 1. The minimum atomic E-state index is 0.0436. The first-order valence-electron chi connectivity index (χ1n) is 5.72. The molecule has 1 aliphatic carbocycles. The second kappa shape index (κ2) is 4.51. The van der Waals surface area contributed by atoms with E-state index in [1.54, 1.807) is 13.1 Å². The molecule has 4 heteroatoms. The third-order valence-corrected chi connectivity index (χ3v) is 2.81. The topological polar surface area (TPSA) is 45.2 Å². The molecule has 0 bridgehead atoms. The number of carbonyl (C=O) groups excluding carboxylic acids is 1. The Morgan fingerprint density at radius 1 is 1.56 bits per heavy atom. The van der Waals surface area contributed by atoms with Gasteiger partial charge in [0.1, 0.15) is 11.5 Å². The summed E-state index contributed by atoms with van der Waals surface area (Å²) in [6.07, 6.45) is 2.26. The molecule has 1 aromatic rings. The lowest BCUT2D eigenvalue weighted by atomic mass is 10.3. The number of hydrogen-bond acceptors (Lipinski definition) is 3. The molecule has 1 fully saturated rings. The summed E-state index contributed by atoms with van der Waals surface area (Å²) in [5.74, 6) is 0.778. The number of anilines is 1. The normalized spacial score (nSPS) is 14.6. The summed E-state index contributed by atoms with van der Waals surface area (Å²) in [4.78, 5) is 18.3. The van der Waals surface area contributed by atoms with Gasteiger partial charge in [0, 0.05) is 19.6 Å². The van der Waals surface area contributed by atoms with Crippen molar-refractivity contribution in [2.24, 2.45) is 0 Å². The minimum Gasteiger partial charge on any atom is -0.373 e. The quantitative estimate of drug-likeness (QED) is 0.839. The first-order valence-corrected chi connectivity index (χ1v) is 5.72. The second-order valence-corrected chi connectivity index (χ2v) is 3.98. The monoisotopic (exact) mass is 219 g/mol. The molecule has 2 rings (SSSR count). The molecular formula is C12H17N3O. The van der Waals surface area contributed by atoms with E-state index < -0.39 is 0 Å². The predicted octanol–water partition coefficient (Wildman–Crippen LogP) is 1.75. The maximum absolute atomic E-state index is 12.2. The number of hydrogen-bond donors (Lipinski definition) is 1. The summed E-state index contributed by atoms with van der Waals surface area (Å²) in [6.45, 7) is 2.77. The average molecular weight is 219 g/mol. The molecule has 1 amide bonds. The summed E-state index contributed by atoms with van der Waals surface area (Å²) in [5.41, 5.74) is 0.528. The van der Waals surface area contributed by atoms with Gasteiger partial charge in [-0.3, -0.25) is 4.79 Å². The van der Waals surface area contributed by atoms with Gasteiger partial charge >= 0.3 is 0 Å². The Morgan fingerprint density at radius 2 is 2.31 bits per heavy atom. The van der Waals surface area contributed by atoms with Gasteiger partial charge in [0.05, 0.1) is 0 Å². The number of nitrogens with one attached hydrogen (secondary N) is 1. The van der Waals surface area contributed by atoms with Crippen molar-refractivity contribution in [1.29, 1.82) is 0 Å². The Labute approximate surface area is 95.7 Å². The van der Waals surface area contributed by atoms with E-state index in [1.807, 2.05) is 24.0 Å². The standard InChI is InChI=1S/C12H17N3O/c1-3-15(9-7-8-9)12(16)10-5-4-6-11(13-2)14-10/h4-6,9H,3,7-8H2,1-2H3,(H,13,14). The molecule has 4 nitrogen and oxygen atoms in total. The zero-order valence-electron chi connectivity index (χ0n) is 9.73. The highest BCUT2D eigenvalue weighted by Gasteiger charge is 2.32. The number of rotatable bonds is 4. The van der Waals surface area contributed by atoms with E-state index in [0.29, 0.717) is 11.7 Å². The first-order chi connectivity index (χ1) is 7.76. The third-order valence-electron chi connectivity index (χ3n) is 2.81. The van der Waals surface area contributed by atoms with Gasteiger partial charge in [-0.2, -0.15) is 0 Å². The van der Waals surface area contributed by atoms with Crippen LogP contribution >= 0.6 is 0 Å². The van der Waals surface area contributed by atoms with Crippen molar-refractivity contribution in [2.45, 2.75) is 25.8 Å². The third kappa shape index (κ3) is 2.15. The van der Waals surface area contributed by atoms with Crippen LogP contribution in [0.3, 0.4) is 0 Å². The average Bonchev–Trinajstić information content (AvgIpc) is 3.14. The fourth-order valence-corrected chi connectivity index (χ4v) is 1.79. The van der Waals surface area contributed by atoms with E-state index in [1.165, 1.54) is 0 Å². The number of carbonyl (C=O) groups is 1. The van der Waals surface area contributed by atoms with Crippen LogP contribution < -0.4 is 5.32 Å². The largest absolute Gasteiger partial charge is 0.373 e. The highest BCUT2D eigenvalue weighted by atomic mass is 16.2. The van der Waals surface area contributed by atoms with Crippen molar-refractivity contribution in [3.05, 3.63) is 23.9 Å². The molecule has 0 aliphatic heterocycles. The molecule has 0 unspecified atom stereocenters. The van der Waals surface area contributed by atoms with Gasteiger partial charge in [-0.1, -0.05) is 6.07 Å². The second-order valence-electron chi connectivity index (χ2n) is 3.98. The van der Waals surface area contributed by atoms with Crippen molar-refractivity contribution in [2.75, 3.05) is 18.9 Å². The van der Waals surface area contributed by atoms with E-state index in [0.717, 1.165) is 25.2 Å². The van der Waals surface area contributed by atoms with Crippen LogP contribution in [0.1, 0.15) is 30.3 Å². The van der Waals surface area contributed by atoms with Gasteiger partial charge in [0.25, 0.3) is 5.91 Å². The lowest BCUT2D eigenvalue weighted by molar-refractivity contribution is 0.0747. The summed E-state index contributed by atoms with van der Waals surface area (Å²) >= 11 is 0. The van der Waals surface area contributed by atoms with E-state index in [9.17, 15) is 4.79 Å². The number of nitrogens with zero attached hydrogens (tertiary/aromatic N) is 2. The summed E-state index contributed by atoms with van der Waals surface area (Å²) in [7, 11) is 1.80. The van der Waals surface area contributed by atoms with Crippen LogP contribution in [-0.2, 0) is 0 Å². The summed E-state index contributed by atoms with van der Waals surface area (Å²) < 4.78 is 0. The number of amides is 1. The molecule has 0 radical (unpaired) electrons. The number of aromatic nitrogens is 1. The molecule has 0 spiro atoms. The van der Waals surface area contributed by atoms with Crippen LogP contribution in [0.25, 0.3) is 0 Å². The maximum atomic E-state index is 12.2. The minimum absolute atomic E-state index is 0.0436. The van der Waals surface area contributed by atoms with Crippen LogP contribution in [0.5, 0.6) is 0 Å². The molecule has 1 aromatic heterocycles. The van der Waals surface area contributed by atoms with Gasteiger partial charge in [-0.05, 0) is 31.9 Å². The molecule has 1 heterocycles. The lowest BCUT2D eigenvalue weighted by Crippen LogP contribution is -2.33. The SMILES string of the molecule is CCN(C(=O)c1cccc(NC)n1)C1CC1. The molecule has 1 N–H and O–H groups in total. The highest BCUT2D eigenvalue weighted by Crippen LogP contribution is 2.27. The highest BCUT2D eigenvalue weighted by molar-refractivity contribution is 5.93. The Morgan fingerprint density at radius 3 is 2.88 bits per heavy atom. The van der Waals surface area contributed by atoms with Crippen molar-refractivity contribution in [3.63, 3.8) is 0 Å². The Balaban J connectivity index is 2.18. The van der Waals surface area contributed by atoms with Crippen LogP contribution in [0.15, 0.2) is 18.2 Å². The van der Waals surface area contributed by atoms with Gasteiger partial charge in [0.2, 0.25) is 0 Å². The summed E-state index contributed by atoms with van der Waals surface area (Å²) in [6, 6.07) is 5.92. The lowest BCUT2D eigenvalue weighted by Gasteiger charge is -2.19. The van der Waals surface area contributed by atoms with Crippen LogP contribution in [0, 0.1) is 0 Å². The van der Waals surface area contributed by atoms with Crippen molar-refractivity contribution < 1.29 is 4.79 Å². The molecule has 1 saturated carbocycles. The molecule has 0 saturated heterocycles. The van der Waals surface area contributed by atoms with Gasteiger partial charge < -0.3 is 10.2 Å². The van der Waals surface area contributed by atoms with E-state index in [-0.39, 0.29) is 5.91 Å². The van der Waals surface area contributed by atoms with E-state index >= 15 is 0 Å². The van der Waals surface area contributed by atoms with Crippen LogP contribution in [0.4, 0.5) is 5.82 Å². The predicted molar refractivity (Wildman–Crippen MR) is 63.5 cm³/mol. The summed E-state index contributed by atoms with van der Waals surface area (Å²) in [5, 5.41) is 2.94. The van der Waals surface area contributed by atoms with Crippen LogP contribution in [0.2, 0.25) is 0 Å². The zero-order chi connectivity index (χ0) is 11.5.